The van der Waals surface area contributed by atoms with Gasteiger partial charge in [0.1, 0.15) is 0 Å². The SMILES string of the molecule is O=C(OCCCc1ccccc1)N1CCCNCC1. The van der Waals surface area contributed by atoms with E-state index in [9.17, 15) is 4.79 Å². The third kappa shape index (κ3) is 4.91. The van der Waals surface area contributed by atoms with Gasteiger partial charge in [-0.3, -0.25) is 0 Å². The van der Waals surface area contributed by atoms with Crippen LogP contribution in [0.2, 0.25) is 0 Å². The van der Waals surface area contributed by atoms with Crippen LogP contribution >= 0.6 is 0 Å². The van der Waals surface area contributed by atoms with Crippen LogP contribution in [-0.4, -0.2) is 43.8 Å². The molecule has 1 heterocycles. The molecule has 1 N–H and O–H groups in total. The summed E-state index contributed by atoms with van der Waals surface area (Å²) in [4.78, 5) is 13.6. The van der Waals surface area contributed by atoms with Gasteiger partial charge in [-0.25, -0.2) is 4.79 Å². The summed E-state index contributed by atoms with van der Waals surface area (Å²) >= 11 is 0. The molecular weight excluding hydrogens is 240 g/mol. The highest BCUT2D eigenvalue weighted by Gasteiger charge is 2.15. The summed E-state index contributed by atoms with van der Waals surface area (Å²) in [7, 11) is 0. The van der Waals surface area contributed by atoms with Crippen molar-refractivity contribution in [1.29, 1.82) is 0 Å². The molecule has 0 saturated carbocycles. The van der Waals surface area contributed by atoms with Crippen LogP contribution in [0.25, 0.3) is 0 Å². The van der Waals surface area contributed by atoms with Gasteiger partial charge in [0, 0.05) is 19.6 Å². The van der Waals surface area contributed by atoms with Crippen LogP contribution in [-0.2, 0) is 11.2 Å². The average Bonchev–Trinajstić information content (AvgIpc) is 2.73. The van der Waals surface area contributed by atoms with Crippen molar-refractivity contribution in [2.24, 2.45) is 0 Å². The highest BCUT2D eigenvalue weighted by molar-refractivity contribution is 5.67. The zero-order valence-corrected chi connectivity index (χ0v) is 11.3. The molecule has 0 radical (unpaired) electrons. The van der Waals surface area contributed by atoms with Crippen molar-refractivity contribution in [3.8, 4) is 0 Å². The number of nitrogens with zero attached hydrogens (tertiary/aromatic N) is 1. The van der Waals surface area contributed by atoms with Crippen LogP contribution in [0.4, 0.5) is 4.79 Å². The van der Waals surface area contributed by atoms with E-state index in [1.165, 1.54) is 5.56 Å². The van der Waals surface area contributed by atoms with E-state index in [1.54, 1.807) is 4.90 Å². The van der Waals surface area contributed by atoms with E-state index in [0.29, 0.717) is 6.61 Å². The van der Waals surface area contributed by atoms with Crippen molar-refractivity contribution in [2.75, 3.05) is 32.8 Å². The lowest BCUT2D eigenvalue weighted by Crippen LogP contribution is -2.34. The summed E-state index contributed by atoms with van der Waals surface area (Å²) in [5.41, 5.74) is 1.29. The molecule has 1 aliphatic rings. The van der Waals surface area contributed by atoms with E-state index < -0.39 is 0 Å². The van der Waals surface area contributed by atoms with Crippen molar-refractivity contribution >= 4 is 6.09 Å². The maximum atomic E-state index is 11.8. The predicted molar refractivity (Wildman–Crippen MR) is 75.2 cm³/mol. The monoisotopic (exact) mass is 262 g/mol. The molecule has 104 valence electrons. The van der Waals surface area contributed by atoms with Gasteiger partial charge in [0.25, 0.3) is 0 Å². The first-order valence-electron chi connectivity index (χ1n) is 7.02. The van der Waals surface area contributed by atoms with Gasteiger partial charge in [-0.2, -0.15) is 0 Å². The Kier molecular flexibility index (Phi) is 5.69. The van der Waals surface area contributed by atoms with Gasteiger partial charge in [0.15, 0.2) is 0 Å². The number of hydrogen-bond donors (Lipinski definition) is 1. The molecule has 0 spiro atoms. The number of benzene rings is 1. The maximum Gasteiger partial charge on any atom is 0.409 e. The van der Waals surface area contributed by atoms with Crippen LogP contribution in [0, 0.1) is 0 Å². The van der Waals surface area contributed by atoms with Crippen LogP contribution in [0.1, 0.15) is 18.4 Å². The molecule has 2 rings (SSSR count). The minimum atomic E-state index is -0.170. The lowest BCUT2D eigenvalue weighted by Gasteiger charge is -2.19. The first-order valence-corrected chi connectivity index (χ1v) is 7.02. The fourth-order valence-electron chi connectivity index (χ4n) is 2.20. The van der Waals surface area contributed by atoms with E-state index in [1.807, 2.05) is 18.2 Å². The Morgan fingerprint density at radius 2 is 2.05 bits per heavy atom. The molecule has 0 unspecified atom stereocenters. The third-order valence-electron chi connectivity index (χ3n) is 3.28. The normalized spacial score (nSPS) is 15.9. The Labute approximate surface area is 114 Å². The first kappa shape index (κ1) is 13.9. The quantitative estimate of drug-likeness (QED) is 0.844. The van der Waals surface area contributed by atoms with Crippen molar-refractivity contribution in [3.63, 3.8) is 0 Å². The molecule has 0 aromatic heterocycles. The summed E-state index contributed by atoms with van der Waals surface area (Å²) in [5.74, 6) is 0. The van der Waals surface area contributed by atoms with Crippen LogP contribution < -0.4 is 5.32 Å². The lowest BCUT2D eigenvalue weighted by atomic mass is 10.1. The predicted octanol–water partition coefficient (Wildman–Crippen LogP) is 2.05. The third-order valence-corrected chi connectivity index (χ3v) is 3.28. The van der Waals surface area contributed by atoms with E-state index in [-0.39, 0.29) is 6.09 Å². The second-order valence-corrected chi connectivity index (χ2v) is 4.79. The van der Waals surface area contributed by atoms with Crippen molar-refractivity contribution < 1.29 is 9.53 Å². The molecule has 1 aliphatic heterocycles. The number of rotatable bonds is 4. The van der Waals surface area contributed by atoms with Crippen molar-refractivity contribution in [2.45, 2.75) is 19.3 Å². The van der Waals surface area contributed by atoms with E-state index in [2.05, 4.69) is 17.4 Å². The first-order chi connectivity index (χ1) is 9.36. The number of carbonyl (C=O) groups is 1. The molecular formula is C15H22N2O2. The lowest BCUT2D eigenvalue weighted by molar-refractivity contribution is 0.104. The second-order valence-electron chi connectivity index (χ2n) is 4.79. The molecule has 0 atom stereocenters. The molecule has 1 fully saturated rings. The summed E-state index contributed by atoms with van der Waals surface area (Å²) in [5, 5.41) is 3.27. The zero-order valence-electron chi connectivity index (χ0n) is 11.3. The van der Waals surface area contributed by atoms with Gasteiger partial charge in [-0.1, -0.05) is 30.3 Å². The van der Waals surface area contributed by atoms with Crippen LogP contribution in [0.3, 0.4) is 0 Å². The molecule has 19 heavy (non-hydrogen) atoms. The van der Waals surface area contributed by atoms with Crippen LogP contribution in [0.5, 0.6) is 0 Å². The molecule has 1 saturated heterocycles. The van der Waals surface area contributed by atoms with Gasteiger partial charge in [0.2, 0.25) is 0 Å². The Morgan fingerprint density at radius 1 is 1.21 bits per heavy atom. The number of amides is 1. The average molecular weight is 262 g/mol. The smallest absolute Gasteiger partial charge is 0.409 e. The van der Waals surface area contributed by atoms with Crippen molar-refractivity contribution in [3.05, 3.63) is 35.9 Å². The molecule has 1 aromatic carbocycles. The van der Waals surface area contributed by atoms with Crippen molar-refractivity contribution in [1.82, 2.24) is 10.2 Å². The standard InChI is InChI=1S/C15H22N2O2/c18-15(17-11-5-9-16-10-12-17)19-13-4-8-14-6-2-1-3-7-14/h1-3,6-7,16H,4-5,8-13H2. The Morgan fingerprint density at radius 3 is 2.89 bits per heavy atom. The molecule has 0 aliphatic carbocycles. The van der Waals surface area contributed by atoms with E-state index >= 15 is 0 Å². The summed E-state index contributed by atoms with van der Waals surface area (Å²) in [6.45, 7) is 3.89. The molecule has 0 bridgehead atoms. The summed E-state index contributed by atoms with van der Waals surface area (Å²) < 4.78 is 5.32. The van der Waals surface area contributed by atoms with E-state index in [0.717, 1.165) is 45.4 Å². The molecule has 4 heteroatoms. The Bertz CT molecular complexity index is 373. The number of ether oxygens (including phenoxy) is 1. The molecule has 1 aromatic rings. The highest BCUT2D eigenvalue weighted by atomic mass is 16.6. The summed E-state index contributed by atoms with van der Waals surface area (Å²) in [6, 6.07) is 10.3. The number of carbonyl (C=O) groups excluding carboxylic acids is 1. The number of nitrogens with one attached hydrogen (secondary N) is 1. The largest absolute Gasteiger partial charge is 0.449 e. The number of aryl methyl sites for hydroxylation is 1. The van der Waals surface area contributed by atoms with Gasteiger partial charge >= 0.3 is 6.09 Å². The van der Waals surface area contributed by atoms with Crippen LogP contribution in [0.15, 0.2) is 30.3 Å². The summed E-state index contributed by atoms with van der Waals surface area (Å²) in [6.07, 6.45) is 2.66. The highest BCUT2D eigenvalue weighted by Crippen LogP contribution is 2.04. The fourth-order valence-corrected chi connectivity index (χ4v) is 2.20. The minimum absolute atomic E-state index is 0.170. The molecule has 1 amide bonds. The van der Waals surface area contributed by atoms with Gasteiger partial charge in [-0.15, -0.1) is 0 Å². The van der Waals surface area contributed by atoms with Gasteiger partial charge in [-0.05, 0) is 31.4 Å². The Hall–Kier alpha value is -1.55. The van der Waals surface area contributed by atoms with Gasteiger partial charge in [0.05, 0.1) is 6.61 Å². The Balaban J connectivity index is 1.63. The second kappa shape index (κ2) is 7.79. The zero-order chi connectivity index (χ0) is 13.3. The fraction of sp³-hybridized carbons (Fsp3) is 0.533. The maximum absolute atomic E-state index is 11.8. The number of hydrogen-bond acceptors (Lipinski definition) is 3. The van der Waals surface area contributed by atoms with E-state index in [4.69, 9.17) is 4.74 Å². The molecule has 4 nitrogen and oxygen atoms in total. The topological polar surface area (TPSA) is 41.6 Å². The minimum Gasteiger partial charge on any atom is -0.449 e. The van der Waals surface area contributed by atoms with Gasteiger partial charge < -0.3 is 15.0 Å².